The number of carbonyl (C=O) groups excluding carboxylic acids is 2. The van der Waals surface area contributed by atoms with Gasteiger partial charge in [0.05, 0.1) is 46.8 Å². The van der Waals surface area contributed by atoms with E-state index < -0.39 is 49.9 Å². The first-order valence-corrected chi connectivity index (χ1v) is 28.1. The Balaban J connectivity index is 0.000000268. The molecule has 0 aromatic heterocycles. The maximum atomic E-state index is 14.3. The number of carboxylic acids is 2. The van der Waals surface area contributed by atoms with Gasteiger partial charge in [0.1, 0.15) is 0 Å². The van der Waals surface area contributed by atoms with Crippen LogP contribution in [0.4, 0.5) is 0 Å². The Morgan fingerprint density at radius 3 is 1.26 bits per heavy atom. The zero-order chi connectivity index (χ0) is 53.6. The molecule has 0 radical (unpaired) electrons. The van der Waals surface area contributed by atoms with Crippen molar-refractivity contribution in [1.29, 1.82) is 0 Å². The second-order valence-electron chi connectivity index (χ2n) is 21.9. The third kappa shape index (κ3) is 14.2. The van der Waals surface area contributed by atoms with Crippen LogP contribution in [-0.2, 0) is 29.0 Å². The van der Waals surface area contributed by atoms with Crippen LogP contribution < -0.4 is 0 Å². The summed E-state index contributed by atoms with van der Waals surface area (Å²) >= 11 is 25.2. The Kier molecular flexibility index (Phi) is 20.0. The van der Waals surface area contributed by atoms with Crippen molar-refractivity contribution in [3.05, 3.63) is 139 Å². The minimum atomic E-state index is -3.53. The topological polar surface area (TPSA) is 149 Å². The van der Waals surface area contributed by atoms with Crippen molar-refractivity contribution in [2.75, 3.05) is 5.75 Å². The normalized spacial score (nSPS) is 23.6. The summed E-state index contributed by atoms with van der Waals surface area (Å²) in [6.07, 6.45) is 1.96. The molecule has 6 rings (SSSR count). The molecule has 2 aliphatic heterocycles. The lowest BCUT2D eigenvalue weighted by molar-refractivity contribution is -0.162. The van der Waals surface area contributed by atoms with Crippen molar-refractivity contribution in [2.24, 2.45) is 28.6 Å². The van der Waals surface area contributed by atoms with Crippen LogP contribution >= 0.6 is 46.4 Å². The molecule has 2 heterocycles. The molecule has 15 heteroatoms. The number of rotatable bonds is 18. The lowest BCUT2D eigenvalue weighted by Gasteiger charge is -2.53. The van der Waals surface area contributed by atoms with Gasteiger partial charge in [-0.15, -0.1) is 0 Å². The van der Waals surface area contributed by atoms with Crippen molar-refractivity contribution in [3.8, 4) is 0 Å². The van der Waals surface area contributed by atoms with Crippen LogP contribution in [0.25, 0.3) is 0 Å². The highest BCUT2D eigenvalue weighted by Gasteiger charge is 2.55. The average Bonchev–Trinajstić information content (AvgIpc) is 3.28. The maximum Gasteiger partial charge on any atom is 0.304 e. The lowest BCUT2D eigenvalue weighted by Crippen LogP contribution is -2.59. The fourth-order valence-electron chi connectivity index (χ4n) is 10.8. The van der Waals surface area contributed by atoms with E-state index in [1.54, 1.807) is 43.9 Å². The second-order valence-corrected chi connectivity index (χ2v) is 26.2. The van der Waals surface area contributed by atoms with Crippen LogP contribution in [0.15, 0.2) is 97.1 Å². The fraction of sp³-hybridized carbons (Fsp3) is 0.509. The number of piperidine rings is 2. The number of benzene rings is 4. The molecule has 0 saturated carbocycles. The van der Waals surface area contributed by atoms with Crippen molar-refractivity contribution < 1.29 is 37.8 Å². The number of amides is 2. The summed E-state index contributed by atoms with van der Waals surface area (Å²) < 4.78 is 26.3. The van der Waals surface area contributed by atoms with Crippen LogP contribution in [-0.4, -0.2) is 75.3 Å². The van der Waals surface area contributed by atoms with Crippen LogP contribution in [0.3, 0.4) is 0 Å². The highest BCUT2D eigenvalue weighted by Crippen LogP contribution is 2.54. The molecule has 0 spiro atoms. The van der Waals surface area contributed by atoms with Gasteiger partial charge in [-0.05, 0) is 128 Å². The van der Waals surface area contributed by atoms with Crippen molar-refractivity contribution in [2.45, 2.75) is 149 Å². The summed E-state index contributed by atoms with van der Waals surface area (Å²) in [5.74, 6) is -2.64. The van der Waals surface area contributed by atoms with Gasteiger partial charge in [0.2, 0.25) is 11.8 Å². The highest BCUT2D eigenvalue weighted by atomic mass is 35.5. The number of nitrogens with zero attached hydrogens (tertiary/aromatic N) is 2. The van der Waals surface area contributed by atoms with E-state index in [0.717, 1.165) is 35.1 Å². The van der Waals surface area contributed by atoms with Crippen LogP contribution in [0.5, 0.6) is 0 Å². The molecule has 2 aliphatic rings. The average molecular weight is 1090 g/mol. The van der Waals surface area contributed by atoms with Crippen molar-refractivity contribution in [1.82, 2.24) is 9.80 Å². The summed E-state index contributed by atoms with van der Waals surface area (Å²) in [4.78, 5) is 56.1. The Morgan fingerprint density at radius 2 is 0.944 bits per heavy atom. The molecule has 4 aromatic rings. The first-order valence-electron chi connectivity index (χ1n) is 24.9. The molecule has 72 heavy (non-hydrogen) atoms. The molecule has 2 fully saturated rings. The third-order valence-electron chi connectivity index (χ3n) is 14.7. The molecule has 392 valence electrons. The third-order valence-corrected chi connectivity index (χ3v) is 17.9. The lowest BCUT2D eigenvalue weighted by atomic mass is 9.66. The first kappa shape index (κ1) is 58.8. The van der Waals surface area contributed by atoms with E-state index in [0.29, 0.717) is 32.4 Å². The monoisotopic (exact) mass is 1080 g/mol. The van der Waals surface area contributed by atoms with Crippen molar-refractivity contribution >= 4 is 80.0 Å². The predicted molar refractivity (Wildman–Crippen MR) is 291 cm³/mol. The van der Waals surface area contributed by atoms with Crippen LogP contribution in [0, 0.1) is 28.6 Å². The summed E-state index contributed by atoms with van der Waals surface area (Å²) in [6.45, 7) is 19.2. The maximum absolute atomic E-state index is 14.3. The zero-order valence-electron chi connectivity index (χ0n) is 43.1. The van der Waals surface area contributed by atoms with Gasteiger partial charge in [0.25, 0.3) is 0 Å². The Labute approximate surface area is 447 Å². The molecule has 0 bridgehead atoms. The summed E-state index contributed by atoms with van der Waals surface area (Å²) in [5.41, 5.74) is 1.41. The predicted octanol–water partition coefficient (Wildman–Crippen LogP) is 14.4. The molecule has 0 aliphatic carbocycles. The molecule has 8 atom stereocenters. The first-order chi connectivity index (χ1) is 33.6. The molecule has 2 saturated heterocycles. The van der Waals surface area contributed by atoms with Gasteiger partial charge in [0.15, 0.2) is 9.84 Å². The van der Waals surface area contributed by atoms with Crippen molar-refractivity contribution in [3.63, 3.8) is 0 Å². The Hall–Kier alpha value is -4.13. The second kappa shape index (κ2) is 24.5. The fourth-order valence-corrected chi connectivity index (χ4v) is 12.9. The van der Waals surface area contributed by atoms with Gasteiger partial charge in [0, 0.05) is 44.0 Å². The van der Waals surface area contributed by atoms with Crippen LogP contribution in [0.2, 0.25) is 20.1 Å². The van der Waals surface area contributed by atoms with Gasteiger partial charge in [-0.1, -0.05) is 150 Å². The van der Waals surface area contributed by atoms with E-state index in [1.807, 2.05) is 105 Å². The van der Waals surface area contributed by atoms with E-state index >= 15 is 0 Å². The number of hydrogen-bond acceptors (Lipinski definition) is 6. The molecular weight excluding hydrogens is 1010 g/mol. The summed E-state index contributed by atoms with van der Waals surface area (Å²) in [7, 11) is -3.53. The molecule has 2 amide bonds. The number of carbonyl (C=O) groups is 4. The van der Waals surface area contributed by atoms with Crippen LogP contribution in [0.1, 0.15) is 154 Å². The van der Waals surface area contributed by atoms with Gasteiger partial charge in [-0.25, -0.2) is 8.42 Å². The largest absolute Gasteiger partial charge is 0.481 e. The molecule has 10 nitrogen and oxygen atoms in total. The number of likely N-dealkylation sites (tertiary alicyclic amines) is 2. The summed E-state index contributed by atoms with van der Waals surface area (Å²) in [5, 5.41) is 21.2. The molecule has 4 aromatic carbocycles. The molecule has 1 unspecified atom stereocenters. The minimum absolute atomic E-state index is 0.0271. The number of aliphatic carboxylic acids is 2. The zero-order valence-corrected chi connectivity index (χ0v) is 47.0. The van der Waals surface area contributed by atoms with Gasteiger partial charge in [-0.3, -0.25) is 19.2 Å². The minimum Gasteiger partial charge on any atom is -0.481 e. The number of carboxylic acid groups (broad SMARTS) is 2. The Bertz CT molecular complexity index is 2640. The smallest absolute Gasteiger partial charge is 0.304 e. The SMILES string of the molecule is CC(C)CC[C@H](C(C)C)N1C(=O)[C@@](C)(CC(=O)O)C[C@H](c2cccc(Cl)c2)C1c1ccc(Cl)cc1.CC(C)[C@@H](CS(=O)(=O)C(C)C)N1C(=O)[C@@](C)(CC(=O)O)C[C@H](c2cccc(Cl)c2)[C@H]1c1ccc(Cl)cc1. The number of sulfone groups is 1. The van der Waals surface area contributed by atoms with Gasteiger partial charge < -0.3 is 20.0 Å². The molecule has 2 N–H and O–H groups in total. The summed E-state index contributed by atoms with van der Waals surface area (Å²) in [6, 6.07) is 28.5. The van der Waals surface area contributed by atoms with E-state index in [1.165, 1.54) is 0 Å². The van der Waals surface area contributed by atoms with Gasteiger partial charge in [-0.2, -0.15) is 0 Å². The van der Waals surface area contributed by atoms with Gasteiger partial charge >= 0.3 is 11.9 Å². The van der Waals surface area contributed by atoms with E-state index in [9.17, 15) is 37.8 Å². The number of hydrogen-bond donors (Lipinski definition) is 2. The van der Waals surface area contributed by atoms with E-state index in [-0.39, 0.29) is 72.6 Å². The molecular formula is C57H72Cl4N2O8S. The quantitative estimate of drug-likeness (QED) is 0.100. The Morgan fingerprint density at radius 1 is 0.569 bits per heavy atom. The van der Waals surface area contributed by atoms with E-state index in [4.69, 9.17) is 46.4 Å². The number of halogens is 4. The standard InChI is InChI=1S/C29H37Cl2NO3.C28H35Cl2NO5S/c1-18(2)9-14-25(19(3)4)32-27(20-10-12-22(30)13-11-20)24(21-7-6-8-23(31)15-21)16-29(5,28(32)35)17-26(33)34;1-17(2)24(16-37(35,36)18(3)4)31-26(19-9-11-21(29)12-10-19)23(20-7-6-8-22(30)13-20)14-28(5,27(31)34)15-25(32)33/h6-8,10-13,15,18-19,24-25,27H,9,14,16-17H2,1-5H3,(H,33,34);6-13,17-18,23-24,26H,14-16H2,1-5H3,(H,32,33)/t24-,25-,27?,29-;23-,24-,26-,28-/m11/s1. The highest BCUT2D eigenvalue weighted by molar-refractivity contribution is 7.92. The van der Waals surface area contributed by atoms with E-state index in [2.05, 4.69) is 27.7 Å².